The lowest BCUT2D eigenvalue weighted by molar-refractivity contribution is 0.414. The third-order valence-corrected chi connectivity index (χ3v) is 1.51. The summed E-state index contributed by atoms with van der Waals surface area (Å²) in [7, 11) is 1.59. The van der Waals surface area contributed by atoms with Crippen molar-refractivity contribution in [2.24, 2.45) is 0 Å². The fourth-order valence-electron chi connectivity index (χ4n) is 0.551. The van der Waals surface area contributed by atoms with Crippen LogP contribution in [0.25, 0.3) is 0 Å². The quantitative estimate of drug-likeness (QED) is 0.434. The molecule has 0 rings (SSSR count). The Kier molecular flexibility index (Phi) is 4.32. The van der Waals surface area contributed by atoms with Crippen LogP contribution in [0.3, 0.4) is 0 Å². The predicted molar refractivity (Wildman–Crippen MR) is 43.7 cm³/mol. The summed E-state index contributed by atoms with van der Waals surface area (Å²) in [5.41, 5.74) is 1.05. The van der Waals surface area contributed by atoms with E-state index in [0.717, 1.165) is 12.0 Å². The third-order valence-electron chi connectivity index (χ3n) is 1.02. The van der Waals surface area contributed by atoms with Crippen LogP contribution in [0.5, 0.6) is 0 Å². The van der Waals surface area contributed by atoms with Gasteiger partial charge in [-0.2, -0.15) is 0 Å². The van der Waals surface area contributed by atoms with E-state index < -0.39 is 0 Å². The van der Waals surface area contributed by atoms with E-state index in [1.54, 1.807) is 7.11 Å². The number of hydrogen-bond acceptors (Lipinski definition) is 2. The Balaban J connectivity index is 3.86. The molecular weight excluding hydrogens is 132 g/mol. The average Bonchev–Trinajstić information content (AvgIpc) is 1.87. The van der Waals surface area contributed by atoms with Gasteiger partial charge in [0.05, 0.1) is 7.11 Å². The second-order valence-corrected chi connectivity index (χ2v) is 2.16. The molecule has 1 nitrogen and oxygen atoms in total. The van der Waals surface area contributed by atoms with Crippen LogP contribution in [0.2, 0.25) is 0 Å². The molecule has 0 aromatic heterocycles. The molecule has 9 heavy (non-hydrogen) atoms. The summed E-state index contributed by atoms with van der Waals surface area (Å²) in [6.45, 7) is 4.02. The van der Waals surface area contributed by atoms with E-state index in [-0.39, 0.29) is 0 Å². The van der Waals surface area contributed by atoms with Crippen molar-refractivity contribution in [3.8, 4) is 0 Å². The maximum Gasteiger partial charge on any atom is 0.186 e. The molecule has 0 spiro atoms. The Morgan fingerprint density at radius 3 is 2.56 bits per heavy atom. The van der Waals surface area contributed by atoms with E-state index in [4.69, 9.17) is 17.0 Å². The Bertz CT molecular complexity index is 127. The van der Waals surface area contributed by atoms with E-state index >= 15 is 0 Å². The van der Waals surface area contributed by atoms with Gasteiger partial charge in [-0.1, -0.05) is 13.0 Å². The highest BCUT2D eigenvalue weighted by molar-refractivity contribution is 7.80. The molecule has 0 aromatic rings. The summed E-state index contributed by atoms with van der Waals surface area (Å²) in [6, 6.07) is 0. The zero-order valence-electron chi connectivity index (χ0n) is 6.10. The van der Waals surface area contributed by atoms with E-state index in [0.29, 0.717) is 5.05 Å². The van der Waals surface area contributed by atoms with Crippen LogP contribution in [-0.2, 0) is 4.74 Å². The maximum absolute atomic E-state index is 4.85. The van der Waals surface area contributed by atoms with Gasteiger partial charge < -0.3 is 4.74 Å². The lowest BCUT2D eigenvalue weighted by Gasteiger charge is -1.99. The lowest BCUT2D eigenvalue weighted by Crippen LogP contribution is -1.97. The normalized spacial score (nSPS) is 11.2. The molecule has 52 valence electrons. The fourth-order valence-corrected chi connectivity index (χ4v) is 0.634. The molecule has 0 saturated carbocycles. The highest BCUT2D eigenvalue weighted by Gasteiger charge is 1.93. The molecule has 0 bridgehead atoms. The van der Waals surface area contributed by atoms with Gasteiger partial charge >= 0.3 is 0 Å². The first-order valence-electron chi connectivity index (χ1n) is 2.97. The van der Waals surface area contributed by atoms with Gasteiger partial charge in [0.25, 0.3) is 0 Å². The molecule has 0 aliphatic carbocycles. The zero-order chi connectivity index (χ0) is 7.28. The van der Waals surface area contributed by atoms with Crippen molar-refractivity contribution in [1.29, 1.82) is 0 Å². The molecule has 0 fully saturated rings. The van der Waals surface area contributed by atoms with Gasteiger partial charge in [-0.25, -0.2) is 0 Å². The summed E-state index contributed by atoms with van der Waals surface area (Å²) in [4.78, 5) is 0. The molecular formula is C7H12OS. The molecule has 0 N–H and O–H groups in total. The van der Waals surface area contributed by atoms with Crippen LogP contribution in [0.4, 0.5) is 0 Å². The summed E-state index contributed by atoms with van der Waals surface area (Å²) < 4.78 is 4.83. The molecule has 0 aromatic carbocycles. The van der Waals surface area contributed by atoms with Crippen molar-refractivity contribution in [2.45, 2.75) is 20.3 Å². The second kappa shape index (κ2) is 4.50. The maximum atomic E-state index is 4.85. The molecule has 0 radical (unpaired) electrons. The number of methoxy groups -OCH3 is 1. The highest BCUT2D eigenvalue weighted by atomic mass is 32.1. The van der Waals surface area contributed by atoms with Crippen LogP contribution in [0.1, 0.15) is 20.3 Å². The third kappa shape index (κ3) is 3.25. The van der Waals surface area contributed by atoms with Crippen molar-refractivity contribution < 1.29 is 4.74 Å². The molecule has 0 unspecified atom stereocenters. The van der Waals surface area contributed by atoms with Crippen molar-refractivity contribution in [2.75, 3.05) is 7.11 Å². The summed E-state index contributed by atoms with van der Waals surface area (Å²) in [5.74, 6) is 0. The van der Waals surface area contributed by atoms with Gasteiger partial charge in [0.2, 0.25) is 0 Å². The molecule has 0 atom stereocenters. The van der Waals surface area contributed by atoms with Crippen LogP contribution in [0.15, 0.2) is 11.6 Å². The highest BCUT2D eigenvalue weighted by Crippen LogP contribution is 1.98. The first kappa shape index (κ1) is 8.63. The summed E-state index contributed by atoms with van der Waals surface area (Å²) in [5, 5.41) is 0.594. The Morgan fingerprint density at radius 1 is 1.67 bits per heavy atom. The number of ether oxygens (including phenoxy) is 1. The molecule has 0 aliphatic rings. The molecule has 0 heterocycles. The van der Waals surface area contributed by atoms with Gasteiger partial charge in [-0.3, -0.25) is 0 Å². The lowest BCUT2D eigenvalue weighted by atomic mass is 10.3. The molecule has 0 saturated heterocycles. The molecule has 0 aliphatic heterocycles. The van der Waals surface area contributed by atoms with Crippen LogP contribution >= 0.6 is 12.2 Å². The van der Waals surface area contributed by atoms with Crippen molar-refractivity contribution in [1.82, 2.24) is 0 Å². The van der Waals surface area contributed by atoms with Crippen LogP contribution in [-0.4, -0.2) is 12.2 Å². The van der Waals surface area contributed by atoms with Crippen molar-refractivity contribution >= 4 is 17.3 Å². The smallest absolute Gasteiger partial charge is 0.186 e. The number of rotatable bonds is 2. The summed E-state index contributed by atoms with van der Waals surface area (Å²) >= 11 is 4.85. The zero-order valence-corrected chi connectivity index (χ0v) is 6.92. The number of allylic oxidation sites excluding steroid dienone is 1. The number of thiocarbonyl (C=S) groups is 1. The first-order valence-corrected chi connectivity index (χ1v) is 3.38. The second-order valence-electron chi connectivity index (χ2n) is 1.79. The Labute approximate surface area is 61.7 Å². The standard InChI is InChI=1S/C7H12OS/c1-4-5-6(2)7(9)8-3/h5H,4H2,1-3H3. The Morgan fingerprint density at radius 2 is 2.22 bits per heavy atom. The topological polar surface area (TPSA) is 9.23 Å². The van der Waals surface area contributed by atoms with Gasteiger partial charge in [-0.05, 0) is 31.1 Å². The minimum absolute atomic E-state index is 0.594. The largest absolute Gasteiger partial charge is 0.486 e. The van der Waals surface area contributed by atoms with E-state index in [9.17, 15) is 0 Å². The van der Waals surface area contributed by atoms with Gasteiger partial charge in [0, 0.05) is 0 Å². The first-order chi connectivity index (χ1) is 4.22. The SMILES string of the molecule is CCC=C(C)C(=S)OC. The fraction of sp³-hybridized carbons (Fsp3) is 0.571. The molecule has 0 amide bonds. The van der Waals surface area contributed by atoms with Crippen molar-refractivity contribution in [3.05, 3.63) is 11.6 Å². The summed E-state index contributed by atoms with van der Waals surface area (Å²) in [6.07, 6.45) is 3.06. The minimum atomic E-state index is 0.594. The average molecular weight is 144 g/mol. The van der Waals surface area contributed by atoms with E-state index in [1.807, 2.05) is 13.0 Å². The van der Waals surface area contributed by atoms with Gasteiger partial charge in [0.15, 0.2) is 5.05 Å². The van der Waals surface area contributed by atoms with Crippen molar-refractivity contribution in [3.63, 3.8) is 0 Å². The predicted octanol–water partition coefficient (Wildman–Crippen LogP) is 2.32. The van der Waals surface area contributed by atoms with E-state index in [1.165, 1.54) is 0 Å². The van der Waals surface area contributed by atoms with E-state index in [2.05, 4.69) is 6.92 Å². The van der Waals surface area contributed by atoms with Crippen LogP contribution < -0.4 is 0 Å². The Hall–Kier alpha value is -0.370. The monoisotopic (exact) mass is 144 g/mol. The number of hydrogen-bond donors (Lipinski definition) is 0. The van der Waals surface area contributed by atoms with Gasteiger partial charge in [-0.15, -0.1) is 0 Å². The minimum Gasteiger partial charge on any atom is -0.486 e. The van der Waals surface area contributed by atoms with Gasteiger partial charge in [0.1, 0.15) is 0 Å². The molecule has 2 heteroatoms. The van der Waals surface area contributed by atoms with Crippen LogP contribution in [0, 0.1) is 0 Å².